The second-order valence-corrected chi connectivity index (χ2v) is 5.57. The summed E-state index contributed by atoms with van der Waals surface area (Å²) in [5.74, 6) is 1.42. The zero-order valence-corrected chi connectivity index (χ0v) is 9.74. The summed E-state index contributed by atoms with van der Waals surface area (Å²) in [5.41, 5.74) is 6.15. The Balaban J connectivity index is 1.87. The van der Waals surface area contributed by atoms with Gasteiger partial charge in [0.05, 0.1) is 0 Å². The van der Waals surface area contributed by atoms with Gasteiger partial charge in [0.2, 0.25) is 0 Å². The molecule has 0 aliphatic heterocycles. The van der Waals surface area contributed by atoms with Gasteiger partial charge in [0.25, 0.3) is 0 Å². The monoisotopic (exact) mass is 207 g/mol. The summed E-state index contributed by atoms with van der Waals surface area (Å²) in [6.07, 6.45) is 7.32. The number of hydrogen-bond donors (Lipinski definition) is 1. The third kappa shape index (κ3) is 2.74. The van der Waals surface area contributed by atoms with Gasteiger partial charge in [-0.25, -0.2) is 0 Å². The molecule has 0 bridgehead atoms. The second-order valence-electron chi connectivity index (χ2n) is 5.57. The molecule has 84 valence electrons. The SMILES string of the molecule is CC1(C)CCC(Cn2ccc(N)n2)CC1. The van der Waals surface area contributed by atoms with Crippen molar-refractivity contribution in [1.29, 1.82) is 0 Å². The molecular formula is C12H21N3. The molecule has 15 heavy (non-hydrogen) atoms. The largest absolute Gasteiger partial charge is 0.382 e. The molecule has 1 heterocycles. The predicted molar refractivity (Wildman–Crippen MR) is 62.4 cm³/mol. The Kier molecular flexibility index (Phi) is 2.72. The maximum Gasteiger partial charge on any atom is 0.145 e. The van der Waals surface area contributed by atoms with Gasteiger partial charge in [-0.15, -0.1) is 0 Å². The summed E-state index contributed by atoms with van der Waals surface area (Å²) in [5, 5.41) is 4.24. The molecule has 0 saturated heterocycles. The average Bonchev–Trinajstić information content (AvgIpc) is 2.55. The minimum atomic E-state index is 0.555. The molecule has 0 radical (unpaired) electrons. The van der Waals surface area contributed by atoms with Crippen molar-refractivity contribution >= 4 is 5.82 Å². The lowest BCUT2D eigenvalue weighted by atomic mass is 9.73. The van der Waals surface area contributed by atoms with Crippen LogP contribution in [0.25, 0.3) is 0 Å². The van der Waals surface area contributed by atoms with Gasteiger partial charge in [-0.3, -0.25) is 4.68 Å². The molecule has 1 aromatic heterocycles. The standard InChI is InChI=1S/C12H21N3/c1-12(2)6-3-10(4-7-12)9-15-8-5-11(13)14-15/h5,8,10H,3-4,6-7,9H2,1-2H3,(H2,13,14). The highest BCUT2D eigenvalue weighted by atomic mass is 15.3. The number of nitrogens with zero attached hydrogens (tertiary/aromatic N) is 2. The lowest BCUT2D eigenvalue weighted by molar-refractivity contribution is 0.176. The molecule has 3 nitrogen and oxygen atoms in total. The van der Waals surface area contributed by atoms with Gasteiger partial charge < -0.3 is 5.73 Å². The number of nitrogens with two attached hydrogens (primary N) is 1. The molecule has 1 aliphatic rings. The lowest BCUT2D eigenvalue weighted by Crippen LogP contribution is -2.24. The Morgan fingerprint density at radius 2 is 2.13 bits per heavy atom. The third-order valence-electron chi connectivity index (χ3n) is 3.57. The van der Waals surface area contributed by atoms with E-state index in [1.165, 1.54) is 25.7 Å². The maximum absolute atomic E-state index is 5.59. The molecule has 2 N–H and O–H groups in total. The number of rotatable bonds is 2. The quantitative estimate of drug-likeness (QED) is 0.810. The first-order valence-electron chi connectivity index (χ1n) is 5.84. The lowest BCUT2D eigenvalue weighted by Gasteiger charge is -2.34. The van der Waals surface area contributed by atoms with E-state index in [-0.39, 0.29) is 0 Å². The summed E-state index contributed by atoms with van der Waals surface area (Å²) in [6.45, 7) is 5.78. The molecule has 1 aromatic rings. The summed E-state index contributed by atoms with van der Waals surface area (Å²) in [4.78, 5) is 0. The van der Waals surface area contributed by atoms with E-state index < -0.39 is 0 Å². The minimum absolute atomic E-state index is 0.555. The summed E-state index contributed by atoms with van der Waals surface area (Å²) < 4.78 is 1.98. The van der Waals surface area contributed by atoms with E-state index in [9.17, 15) is 0 Å². The van der Waals surface area contributed by atoms with Crippen LogP contribution < -0.4 is 5.73 Å². The Labute approximate surface area is 91.7 Å². The highest BCUT2D eigenvalue weighted by molar-refractivity contribution is 5.23. The minimum Gasteiger partial charge on any atom is -0.382 e. The molecule has 2 rings (SSSR count). The van der Waals surface area contributed by atoms with Crippen LogP contribution in [-0.4, -0.2) is 9.78 Å². The van der Waals surface area contributed by atoms with Crippen molar-refractivity contribution in [1.82, 2.24) is 9.78 Å². The zero-order valence-electron chi connectivity index (χ0n) is 9.74. The molecule has 1 aliphatic carbocycles. The van der Waals surface area contributed by atoms with Crippen molar-refractivity contribution in [3.63, 3.8) is 0 Å². The summed E-state index contributed by atoms with van der Waals surface area (Å²) in [7, 11) is 0. The Morgan fingerprint density at radius 1 is 1.47 bits per heavy atom. The van der Waals surface area contributed by atoms with Crippen molar-refractivity contribution in [2.75, 3.05) is 5.73 Å². The van der Waals surface area contributed by atoms with Crippen molar-refractivity contribution < 1.29 is 0 Å². The van der Waals surface area contributed by atoms with Crippen LogP contribution in [0.5, 0.6) is 0 Å². The molecule has 0 atom stereocenters. The van der Waals surface area contributed by atoms with Crippen molar-refractivity contribution in [3.8, 4) is 0 Å². The molecule has 3 heteroatoms. The summed E-state index contributed by atoms with van der Waals surface area (Å²) >= 11 is 0. The fourth-order valence-corrected chi connectivity index (χ4v) is 2.39. The van der Waals surface area contributed by atoms with Crippen molar-refractivity contribution in [2.45, 2.75) is 46.1 Å². The topological polar surface area (TPSA) is 43.8 Å². The Morgan fingerprint density at radius 3 is 2.67 bits per heavy atom. The summed E-state index contributed by atoms with van der Waals surface area (Å²) in [6, 6.07) is 1.87. The molecule has 1 fully saturated rings. The normalized spacial score (nSPS) is 21.7. The van der Waals surface area contributed by atoms with Gasteiger partial charge >= 0.3 is 0 Å². The van der Waals surface area contributed by atoms with E-state index in [0.29, 0.717) is 11.2 Å². The third-order valence-corrected chi connectivity index (χ3v) is 3.57. The van der Waals surface area contributed by atoms with Gasteiger partial charge in [0.1, 0.15) is 5.82 Å². The van der Waals surface area contributed by atoms with Gasteiger partial charge in [-0.1, -0.05) is 13.8 Å². The number of anilines is 1. The first-order valence-corrected chi connectivity index (χ1v) is 5.84. The number of aromatic nitrogens is 2. The van der Waals surface area contributed by atoms with E-state index >= 15 is 0 Å². The first kappa shape index (κ1) is 10.5. The fraction of sp³-hybridized carbons (Fsp3) is 0.750. The van der Waals surface area contributed by atoms with Crippen molar-refractivity contribution in [2.24, 2.45) is 11.3 Å². The van der Waals surface area contributed by atoms with Gasteiger partial charge in [-0.2, -0.15) is 5.10 Å². The van der Waals surface area contributed by atoms with Gasteiger partial charge in [0.15, 0.2) is 0 Å². The van der Waals surface area contributed by atoms with Crippen LogP contribution in [-0.2, 0) is 6.54 Å². The van der Waals surface area contributed by atoms with E-state index in [2.05, 4.69) is 18.9 Å². The van der Waals surface area contributed by atoms with E-state index in [4.69, 9.17) is 5.73 Å². The molecular weight excluding hydrogens is 186 g/mol. The van der Waals surface area contributed by atoms with Gasteiger partial charge in [-0.05, 0) is 43.1 Å². The smallest absolute Gasteiger partial charge is 0.145 e. The van der Waals surface area contributed by atoms with Gasteiger partial charge in [0, 0.05) is 12.7 Å². The molecule has 0 unspecified atom stereocenters. The molecule has 0 aromatic carbocycles. The zero-order chi connectivity index (χ0) is 10.9. The van der Waals surface area contributed by atoms with E-state index in [1.54, 1.807) is 0 Å². The van der Waals surface area contributed by atoms with Crippen LogP contribution in [0.1, 0.15) is 39.5 Å². The van der Waals surface area contributed by atoms with Crippen LogP contribution in [0.3, 0.4) is 0 Å². The van der Waals surface area contributed by atoms with Crippen LogP contribution >= 0.6 is 0 Å². The van der Waals surface area contributed by atoms with Crippen LogP contribution in [0.4, 0.5) is 5.82 Å². The Hall–Kier alpha value is -0.990. The first-order chi connectivity index (χ1) is 7.05. The maximum atomic E-state index is 5.59. The van der Waals surface area contributed by atoms with Crippen LogP contribution in [0.2, 0.25) is 0 Å². The number of hydrogen-bond acceptors (Lipinski definition) is 2. The van der Waals surface area contributed by atoms with E-state index in [1.807, 2.05) is 16.9 Å². The molecule has 1 saturated carbocycles. The predicted octanol–water partition coefficient (Wildman–Crippen LogP) is 2.68. The molecule has 0 spiro atoms. The highest BCUT2D eigenvalue weighted by Gasteiger charge is 2.26. The highest BCUT2D eigenvalue weighted by Crippen LogP contribution is 2.38. The number of nitrogen functional groups attached to an aromatic ring is 1. The Bertz CT molecular complexity index is 317. The average molecular weight is 207 g/mol. The van der Waals surface area contributed by atoms with Crippen LogP contribution in [0.15, 0.2) is 12.3 Å². The van der Waals surface area contributed by atoms with Crippen LogP contribution in [0, 0.1) is 11.3 Å². The fourth-order valence-electron chi connectivity index (χ4n) is 2.39. The van der Waals surface area contributed by atoms with Crippen molar-refractivity contribution in [3.05, 3.63) is 12.3 Å². The second kappa shape index (κ2) is 3.87. The molecule has 0 amide bonds. The van der Waals surface area contributed by atoms with E-state index in [0.717, 1.165) is 12.5 Å².